The van der Waals surface area contributed by atoms with Gasteiger partial charge in [-0.2, -0.15) is 0 Å². The number of nitrogens with zero attached hydrogens (tertiary/aromatic N) is 4. The van der Waals surface area contributed by atoms with Crippen LogP contribution in [-0.2, 0) is 6.42 Å². The van der Waals surface area contributed by atoms with E-state index in [1.165, 1.54) is 24.8 Å². The van der Waals surface area contributed by atoms with Gasteiger partial charge in [0.2, 0.25) is 0 Å². The maximum atomic E-state index is 4.70. The standard InChI is InChI=1S/C24H25N5/c1-3-6-19-21(7-4-2)29-24-22(19)20(11-13-27-24)23-26-12-10-18(17-8-5-9-17)16-25-14-15-28-23/h3-4,7,10-17H,1,5-6,8-9H2,2H3,(H,27,29)/b7-4-,12-10?,15-14?,18-10?,18-16?,25-14?,25-16?,26-12?,26-23?,28-15?,28-23?. The molecule has 4 rings (SSSR count). The van der Waals surface area contributed by atoms with Crippen LogP contribution in [0.5, 0.6) is 0 Å². The van der Waals surface area contributed by atoms with Crippen molar-refractivity contribution in [2.75, 3.05) is 0 Å². The molecule has 1 fully saturated rings. The van der Waals surface area contributed by atoms with Crippen LogP contribution in [0.15, 0.2) is 61.8 Å². The Kier molecular flexibility index (Phi) is 5.75. The van der Waals surface area contributed by atoms with Crippen LogP contribution >= 0.6 is 0 Å². The van der Waals surface area contributed by atoms with Gasteiger partial charge in [0, 0.05) is 47.6 Å². The maximum Gasteiger partial charge on any atom is 0.159 e. The summed E-state index contributed by atoms with van der Waals surface area (Å²) in [5.41, 5.74) is 5.20. The lowest BCUT2D eigenvalue weighted by Crippen LogP contribution is -2.08. The molecule has 5 heteroatoms. The predicted octanol–water partition coefficient (Wildman–Crippen LogP) is 5.57. The molecule has 0 radical (unpaired) electrons. The molecular weight excluding hydrogens is 358 g/mol. The Morgan fingerprint density at radius 3 is 2.69 bits per heavy atom. The molecule has 3 aromatic heterocycles. The summed E-state index contributed by atoms with van der Waals surface area (Å²) in [6.45, 7) is 5.93. The van der Waals surface area contributed by atoms with E-state index in [1.807, 2.05) is 37.5 Å². The van der Waals surface area contributed by atoms with Crippen molar-refractivity contribution in [3.8, 4) is 11.4 Å². The van der Waals surface area contributed by atoms with Crippen molar-refractivity contribution < 1.29 is 0 Å². The summed E-state index contributed by atoms with van der Waals surface area (Å²) >= 11 is 0. The van der Waals surface area contributed by atoms with Gasteiger partial charge in [-0.1, -0.05) is 18.6 Å². The third kappa shape index (κ3) is 3.94. The van der Waals surface area contributed by atoms with Crippen molar-refractivity contribution >= 4 is 17.1 Å². The van der Waals surface area contributed by atoms with Crippen LogP contribution in [0.1, 0.15) is 48.9 Å². The fourth-order valence-electron chi connectivity index (χ4n) is 3.72. The molecule has 1 aliphatic rings. The van der Waals surface area contributed by atoms with Crippen molar-refractivity contribution in [1.29, 1.82) is 0 Å². The largest absolute Gasteiger partial charge is 0.339 e. The summed E-state index contributed by atoms with van der Waals surface area (Å²) in [6, 6.07) is 4.03. The molecule has 0 atom stereocenters. The smallest absolute Gasteiger partial charge is 0.159 e. The van der Waals surface area contributed by atoms with Crippen LogP contribution in [-0.4, -0.2) is 24.9 Å². The molecule has 0 saturated heterocycles. The van der Waals surface area contributed by atoms with Gasteiger partial charge in [-0.15, -0.1) is 6.58 Å². The first-order valence-electron chi connectivity index (χ1n) is 10.1. The average molecular weight is 383 g/mol. The third-order valence-corrected chi connectivity index (χ3v) is 5.37. The molecule has 1 aliphatic carbocycles. The van der Waals surface area contributed by atoms with Crippen LogP contribution in [0.2, 0.25) is 0 Å². The normalized spacial score (nSPS) is 14.0. The highest BCUT2D eigenvalue weighted by molar-refractivity contribution is 5.96. The summed E-state index contributed by atoms with van der Waals surface area (Å²) < 4.78 is 0. The summed E-state index contributed by atoms with van der Waals surface area (Å²) in [5.74, 6) is 1.24. The fourth-order valence-corrected chi connectivity index (χ4v) is 3.72. The molecule has 29 heavy (non-hydrogen) atoms. The van der Waals surface area contributed by atoms with Crippen molar-refractivity contribution in [3.05, 3.63) is 78.7 Å². The van der Waals surface area contributed by atoms with Gasteiger partial charge in [0.05, 0.1) is 0 Å². The first kappa shape index (κ1) is 19.0. The van der Waals surface area contributed by atoms with Gasteiger partial charge in [0.15, 0.2) is 5.82 Å². The van der Waals surface area contributed by atoms with Crippen LogP contribution < -0.4 is 0 Å². The van der Waals surface area contributed by atoms with Gasteiger partial charge in [-0.3, -0.25) is 4.98 Å². The second kappa shape index (κ2) is 8.78. The number of aromatic amines is 1. The Hall–Kier alpha value is -3.34. The van der Waals surface area contributed by atoms with E-state index < -0.39 is 0 Å². The molecule has 5 nitrogen and oxygen atoms in total. The molecular formula is C24H25N5. The average Bonchev–Trinajstić information content (AvgIpc) is 3.03. The third-order valence-electron chi connectivity index (χ3n) is 5.37. The molecule has 0 aromatic carbocycles. The number of hydrogen-bond acceptors (Lipinski definition) is 4. The fraction of sp³-hybridized carbons (Fsp3) is 0.250. The minimum absolute atomic E-state index is 0.596. The molecule has 0 amide bonds. The van der Waals surface area contributed by atoms with Crippen molar-refractivity contribution in [3.63, 3.8) is 0 Å². The van der Waals surface area contributed by atoms with Crippen molar-refractivity contribution in [2.45, 2.75) is 38.5 Å². The van der Waals surface area contributed by atoms with Crippen LogP contribution in [0.25, 0.3) is 28.5 Å². The monoisotopic (exact) mass is 383 g/mol. The molecule has 1 saturated carbocycles. The quantitative estimate of drug-likeness (QED) is 0.585. The summed E-state index contributed by atoms with van der Waals surface area (Å²) in [4.78, 5) is 21.6. The van der Waals surface area contributed by atoms with Gasteiger partial charge >= 0.3 is 0 Å². The van der Waals surface area contributed by atoms with E-state index in [9.17, 15) is 0 Å². The zero-order valence-corrected chi connectivity index (χ0v) is 16.7. The Bertz CT molecular complexity index is 1110. The second-order valence-corrected chi connectivity index (χ2v) is 7.19. The van der Waals surface area contributed by atoms with Gasteiger partial charge < -0.3 is 4.98 Å². The number of aromatic nitrogens is 5. The van der Waals surface area contributed by atoms with Gasteiger partial charge in [-0.25, -0.2) is 15.0 Å². The molecule has 0 unspecified atom stereocenters. The van der Waals surface area contributed by atoms with E-state index in [0.29, 0.717) is 11.7 Å². The van der Waals surface area contributed by atoms with Gasteiger partial charge in [-0.05, 0) is 61.4 Å². The lowest BCUT2D eigenvalue weighted by atomic mass is 9.81. The number of allylic oxidation sites excluding steroid dienone is 2. The number of pyridine rings is 1. The SMILES string of the molecule is C=CCc1c(/C=C\C)[nH]c2nccc(-c3nccncc(C4CCC4)ccn3)c12. The van der Waals surface area contributed by atoms with E-state index >= 15 is 0 Å². The molecule has 146 valence electrons. The number of fused-ring (bicyclic) bond motifs is 1. The summed E-state index contributed by atoms with van der Waals surface area (Å²) in [6.07, 6.45) is 19.4. The second-order valence-electron chi connectivity index (χ2n) is 7.19. The number of hydrogen-bond donors (Lipinski definition) is 1. The number of H-pyrrole nitrogens is 1. The lowest BCUT2D eigenvalue weighted by molar-refractivity contribution is 0.419. The highest BCUT2D eigenvalue weighted by atomic mass is 14.9. The Morgan fingerprint density at radius 2 is 1.93 bits per heavy atom. The van der Waals surface area contributed by atoms with E-state index in [4.69, 9.17) is 4.98 Å². The Labute approximate surface area is 171 Å². The minimum atomic E-state index is 0.596. The first-order valence-corrected chi connectivity index (χ1v) is 10.1. The molecule has 0 bridgehead atoms. The molecule has 0 aliphatic heterocycles. The Morgan fingerprint density at radius 1 is 1.10 bits per heavy atom. The van der Waals surface area contributed by atoms with Crippen LogP contribution in [0.3, 0.4) is 0 Å². The van der Waals surface area contributed by atoms with Crippen LogP contribution in [0.4, 0.5) is 0 Å². The summed E-state index contributed by atoms with van der Waals surface area (Å²) in [7, 11) is 0. The molecule has 0 spiro atoms. The van der Waals surface area contributed by atoms with Crippen molar-refractivity contribution in [2.24, 2.45) is 0 Å². The topological polar surface area (TPSA) is 67.3 Å². The van der Waals surface area contributed by atoms with E-state index in [-0.39, 0.29) is 0 Å². The molecule has 1 N–H and O–H groups in total. The van der Waals surface area contributed by atoms with E-state index in [1.54, 1.807) is 18.6 Å². The molecule has 3 aromatic rings. The zero-order chi connectivity index (χ0) is 20.1. The molecule has 3 heterocycles. The highest BCUT2D eigenvalue weighted by Gasteiger charge is 2.19. The first-order chi connectivity index (χ1) is 14.3. The zero-order valence-electron chi connectivity index (χ0n) is 16.7. The lowest BCUT2D eigenvalue weighted by Gasteiger charge is -2.24. The maximum absolute atomic E-state index is 4.70. The Balaban J connectivity index is 1.89. The minimum Gasteiger partial charge on any atom is -0.339 e. The number of nitrogens with one attached hydrogen (secondary N) is 1. The van der Waals surface area contributed by atoms with Gasteiger partial charge in [0.25, 0.3) is 0 Å². The van der Waals surface area contributed by atoms with Gasteiger partial charge in [0.1, 0.15) is 5.65 Å². The van der Waals surface area contributed by atoms with E-state index in [0.717, 1.165) is 34.3 Å². The van der Waals surface area contributed by atoms with E-state index in [2.05, 4.69) is 38.7 Å². The number of rotatable bonds is 5. The highest BCUT2D eigenvalue weighted by Crippen LogP contribution is 2.35. The predicted molar refractivity (Wildman–Crippen MR) is 118 cm³/mol. The van der Waals surface area contributed by atoms with Crippen LogP contribution in [0, 0.1) is 0 Å². The summed E-state index contributed by atoms with van der Waals surface area (Å²) in [5, 5.41) is 1.04. The van der Waals surface area contributed by atoms with Crippen molar-refractivity contribution in [1.82, 2.24) is 24.9 Å².